The molecule has 8 nitrogen and oxygen atoms in total. The Bertz CT molecular complexity index is 674. The molecule has 30 heavy (non-hydrogen) atoms. The highest BCUT2D eigenvalue weighted by atomic mass is 16.7. The van der Waals surface area contributed by atoms with Crippen molar-refractivity contribution in [1.82, 2.24) is 4.90 Å². The first-order chi connectivity index (χ1) is 13.9. The minimum Gasteiger partial charge on any atom is -0.468 e. The van der Waals surface area contributed by atoms with Crippen molar-refractivity contribution in [2.24, 2.45) is 0 Å². The molecule has 0 aliphatic carbocycles. The van der Waals surface area contributed by atoms with Gasteiger partial charge in [0.2, 0.25) is 0 Å². The summed E-state index contributed by atoms with van der Waals surface area (Å²) in [5, 5.41) is 0. The lowest BCUT2D eigenvalue weighted by atomic mass is 10.0. The molecule has 0 fully saturated rings. The number of nitrogens with zero attached hydrogens (tertiary/aromatic N) is 1. The second-order valence-electron chi connectivity index (χ2n) is 8.82. The molecule has 1 rings (SSSR count). The van der Waals surface area contributed by atoms with E-state index in [-0.39, 0.29) is 19.9 Å². The van der Waals surface area contributed by atoms with Gasteiger partial charge in [0.25, 0.3) is 0 Å². The first-order valence-electron chi connectivity index (χ1n) is 9.78. The van der Waals surface area contributed by atoms with Gasteiger partial charge in [0.15, 0.2) is 6.79 Å². The van der Waals surface area contributed by atoms with Crippen molar-refractivity contribution in [1.29, 1.82) is 0 Å². The van der Waals surface area contributed by atoms with E-state index in [9.17, 15) is 9.59 Å². The molecule has 8 heteroatoms. The quantitative estimate of drug-likeness (QED) is 0.440. The Hall–Kier alpha value is -2.32. The predicted molar refractivity (Wildman–Crippen MR) is 112 cm³/mol. The van der Waals surface area contributed by atoms with Crippen molar-refractivity contribution >= 4 is 12.1 Å². The Morgan fingerprint density at radius 1 is 0.900 bits per heavy atom. The topological polar surface area (TPSA) is 83.5 Å². The van der Waals surface area contributed by atoms with Gasteiger partial charge in [-0.1, -0.05) is 12.1 Å². The van der Waals surface area contributed by atoms with Gasteiger partial charge >= 0.3 is 12.1 Å². The average molecular weight is 426 g/mol. The summed E-state index contributed by atoms with van der Waals surface area (Å²) in [5.41, 5.74) is -0.609. The highest BCUT2D eigenvalue weighted by Gasteiger charge is 2.36. The molecule has 1 aromatic rings. The van der Waals surface area contributed by atoms with Gasteiger partial charge in [0.05, 0.1) is 0 Å². The van der Waals surface area contributed by atoms with Gasteiger partial charge < -0.3 is 23.7 Å². The third kappa shape index (κ3) is 9.45. The van der Waals surface area contributed by atoms with Crippen LogP contribution in [-0.2, 0) is 30.2 Å². The molecular weight excluding hydrogens is 390 g/mol. The zero-order valence-corrected chi connectivity index (χ0v) is 19.3. The summed E-state index contributed by atoms with van der Waals surface area (Å²) < 4.78 is 26.5. The van der Waals surface area contributed by atoms with E-state index in [1.165, 1.54) is 12.0 Å². The molecule has 0 saturated carbocycles. The van der Waals surface area contributed by atoms with E-state index < -0.39 is 29.3 Å². The number of hydrogen-bond acceptors (Lipinski definition) is 7. The third-order valence-corrected chi connectivity index (χ3v) is 3.65. The number of esters is 1. The molecule has 0 radical (unpaired) electrons. The minimum atomic E-state index is -0.926. The van der Waals surface area contributed by atoms with Crippen molar-refractivity contribution < 1.29 is 33.3 Å². The van der Waals surface area contributed by atoms with Crippen LogP contribution in [0.1, 0.15) is 47.1 Å². The lowest BCUT2D eigenvalue weighted by Gasteiger charge is -2.33. The van der Waals surface area contributed by atoms with Crippen LogP contribution in [-0.4, -0.2) is 61.9 Å². The van der Waals surface area contributed by atoms with Gasteiger partial charge in [0.1, 0.15) is 29.7 Å². The fourth-order valence-corrected chi connectivity index (χ4v) is 2.49. The highest BCUT2D eigenvalue weighted by Crippen LogP contribution is 2.20. The van der Waals surface area contributed by atoms with Gasteiger partial charge in [-0.2, -0.15) is 0 Å². The summed E-state index contributed by atoms with van der Waals surface area (Å²) in [6.07, 6.45) is -0.428. The van der Waals surface area contributed by atoms with Crippen LogP contribution in [0, 0.1) is 0 Å². The monoisotopic (exact) mass is 425 g/mol. The molecule has 0 saturated heterocycles. The molecule has 0 heterocycles. The van der Waals surface area contributed by atoms with E-state index in [0.29, 0.717) is 5.75 Å². The SMILES string of the molecule is COCOc1ccc(C[C@@H](C(=O)OC(C)(C)C)N(COC)C(=O)OC(C)(C)C)cc1. The maximum Gasteiger partial charge on any atom is 0.412 e. The molecular formula is C22H35NO7. The van der Waals surface area contributed by atoms with Gasteiger partial charge in [-0.15, -0.1) is 0 Å². The smallest absolute Gasteiger partial charge is 0.412 e. The third-order valence-electron chi connectivity index (χ3n) is 3.65. The number of amides is 1. The predicted octanol–water partition coefficient (Wildman–Crippen LogP) is 3.76. The first-order valence-corrected chi connectivity index (χ1v) is 9.78. The first kappa shape index (κ1) is 25.7. The molecule has 0 aliphatic heterocycles. The van der Waals surface area contributed by atoms with E-state index in [1.54, 1.807) is 60.8 Å². The molecule has 0 unspecified atom stereocenters. The molecule has 0 bridgehead atoms. The van der Waals surface area contributed by atoms with Crippen molar-refractivity contribution in [3.8, 4) is 5.75 Å². The maximum absolute atomic E-state index is 13.0. The number of carbonyl (C=O) groups excluding carboxylic acids is 2. The summed E-state index contributed by atoms with van der Waals surface area (Å²) in [6, 6.07) is 6.26. The summed E-state index contributed by atoms with van der Waals surface area (Å²) >= 11 is 0. The van der Waals surface area contributed by atoms with Crippen molar-refractivity contribution in [2.75, 3.05) is 27.7 Å². The highest BCUT2D eigenvalue weighted by molar-refractivity contribution is 5.82. The molecule has 1 amide bonds. The zero-order chi connectivity index (χ0) is 22.9. The molecule has 0 N–H and O–H groups in total. The van der Waals surface area contributed by atoms with E-state index in [2.05, 4.69) is 0 Å². The standard InChI is InChI=1S/C22H35NO7/c1-21(2,3)29-19(24)18(23(14-26-7)20(25)30-22(4,5)6)13-16-9-11-17(12-10-16)28-15-27-8/h9-12,18H,13-15H2,1-8H3/t18-/m0/s1. The lowest BCUT2D eigenvalue weighted by molar-refractivity contribution is -0.163. The molecule has 0 aromatic heterocycles. The maximum atomic E-state index is 13.0. The largest absolute Gasteiger partial charge is 0.468 e. The summed E-state index contributed by atoms with van der Waals surface area (Å²) in [5.74, 6) is 0.0976. The van der Waals surface area contributed by atoms with Gasteiger partial charge in [-0.25, -0.2) is 9.59 Å². The fraction of sp³-hybridized carbons (Fsp3) is 0.636. The van der Waals surface area contributed by atoms with E-state index in [1.807, 2.05) is 12.1 Å². The number of hydrogen-bond donors (Lipinski definition) is 0. The Balaban J connectivity index is 3.15. The number of methoxy groups -OCH3 is 2. The molecule has 170 valence electrons. The fourth-order valence-electron chi connectivity index (χ4n) is 2.49. The lowest BCUT2D eigenvalue weighted by Crippen LogP contribution is -2.50. The van der Waals surface area contributed by atoms with Crippen LogP contribution in [0.3, 0.4) is 0 Å². The summed E-state index contributed by atoms with van der Waals surface area (Å²) in [6.45, 7) is 10.6. The zero-order valence-electron chi connectivity index (χ0n) is 19.3. The van der Waals surface area contributed by atoms with Crippen molar-refractivity contribution in [2.45, 2.75) is 65.2 Å². The van der Waals surface area contributed by atoms with Gasteiger partial charge in [-0.05, 0) is 59.2 Å². The van der Waals surface area contributed by atoms with Crippen LogP contribution in [0.2, 0.25) is 0 Å². The minimum absolute atomic E-state index is 0.117. The van der Waals surface area contributed by atoms with E-state index in [0.717, 1.165) is 5.56 Å². The molecule has 1 atom stereocenters. The van der Waals surface area contributed by atoms with Crippen molar-refractivity contribution in [3.05, 3.63) is 29.8 Å². The van der Waals surface area contributed by atoms with Gasteiger partial charge in [-0.3, -0.25) is 4.90 Å². The number of ether oxygens (including phenoxy) is 5. The summed E-state index contributed by atoms with van der Waals surface area (Å²) in [7, 11) is 2.99. The second kappa shape index (κ2) is 11.2. The molecule has 0 aliphatic rings. The van der Waals surface area contributed by atoms with E-state index >= 15 is 0 Å². The molecule has 0 spiro atoms. The van der Waals surface area contributed by atoms with Crippen LogP contribution >= 0.6 is 0 Å². The summed E-state index contributed by atoms with van der Waals surface area (Å²) in [4.78, 5) is 27.0. The number of benzene rings is 1. The number of rotatable bonds is 9. The van der Waals surface area contributed by atoms with Crippen LogP contribution < -0.4 is 4.74 Å². The van der Waals surface area contributed by atoms with E-state index in [4.69, 9.17) is 23.7 Å². The van der Waals surface area contributed by atoms with Crippen LogP contribution in [0.25, 0.3) is 0 Å². The average Bonchev–Trinajstić information content (AvgIpc) is 2.60. The van der Waals surface area contributed by atoms with Crippen LogP contribution in [0.15, 0.2) is 24.3 Å². The molecule has 1 aromatic carbocycles. The van der Waals surface area contributed by atoms with Crippen molar-refractivity contribution in [3.63, 3.8) is 0 Å². The Kier molecular flexibility index (Phi) is 9.58. The second-order valence-corrected chi connectivity index (χ2v) is 8.82. The normalized spacial score (nSPS) is 12.8. The Morgan fingerprint density at radius 3 is 1.93 bits per heavy atom. The Labute approximate surface area is 179 Å². The Morgan fingerprint density at radius 2 is 1.47 bits per heavy atom. The van der Waals surface area contributed by atoms with Crippen LogP contribution in [0.4, 0.5) is 4.79 Å². The van der Waals surface area contributed by atoms with Gasteiger partial charge in [0, 0.05) is 20.6 Å². The van der Waals surface area contributed by atoms with Crippen LogP contribution in [0.5, 0.6) is 5.75 Å². The number of carbonyl (C=O) groups is 2.